The van der Waals surface area contributed by atoms with E-state index in [2.05, 4.69) is 0 Å². The number of nitrogens with zero attached hydrogens (tertiary/aromatic N) is 2. The lowest BCUT2D eigenvalue weighted by Crippen LogP contribution is -2.58. The maximum atomic E-state index is 13.8. The molecular formula is C44H56N2O15Si4. The SMILES string of the molecule is C[Si](C)(Oc1ccc(N2C(=O)C3C4C=CC(COCC5CO5)(O4)C3C2=O)cc1)O[Si](C)(C)O[Si](C)(C)O[Si](C)(C)Oc1ccc(N2C(=O)C3C4C=CC(COCC5CO5)(O4)C3C2=O)cc1. The van der Waals surface area contributed by atoms with Crippen LogP contribution in [0.5, 0.6) is 11.5 Å². The summed E-state index contributed by atoms with van der Waals surface area (Å²) >= 11 is 0. The minimum absolute atomic E-state index is 0.0769. The predicted molar refractivity (Wildman–Crippen MR) is 241 cm³/mol. The third-order valence-corrected chi connectivity index (χ3v) is 26.0. The molecule has 2 aromatic rings. The molecule has 6 fully saturated rings. The Morgan fingerprint density at radius 1 is 0.538 bits per heavy atom. The molecule has 21 heteroatoms. The summed E-state index contributed by atoms with van der Waals surface area (Å²) in [5.74, 6) is -2.60. The van der Waals surface area contributed by atoms with Crippen LogP contribution in [0, 0.1) is 23.7 Å². The van der Waals surface area contributed by atoms with E-state index in [0.29, 0.717) is 49.3 Å². The number of anilines is 2. The van der Waals surface area contributed by atoms with Crippen molar-refractivity contribution in [2.45, 2.75) is 88.0 Å². The number of hydrogen-bond acceptors (Lipinski definition) is 15. The van der Waals surface area contributed by atoms with Gasteiger partial charge in [-0.3, -0.25) is 19.2 Å². The molecule has 0 saturated carbocycles. The Kier molecular flexibility index (Phi) is 11.1. The minimum Gasteiger partial charge on any atom is -0.521 e. The van der Waals surface area contributed by atoms with Gasteiger partial charge in [-0.15, -0.1) is 0 Å². The molecule has 10 unspecified atom stereocenters. The molecule has 348 valence electrons. The monoisotopic (exact) mass is 964 g/mol. The van der Waals surface area contributed by atoms with E-state index in [4.69, 9.17) is 49.6 Å². The van der Waals surface area contributed by atoms with Crippen LogP contribution in [0.4, 0.5) is 11.4 Å². The van der Waals surface area contributed by atoms with Crippen molar-refractivity contribution in [1.29, 1.82) is 0 Å². The number of fused-ring (bicyclic) bond motifs is 10. The van der Waals surface area contributed by atoms with E-state index in [-0.39, 0.29) is 49.1 Å². The molecule has 0 aliphatic carbocycles. The minimum atomic E-state index is -2.87. The van der Waals surface area contributed by atoms with E-state index in [1.54, 1.807) is 48.5 Å². The summed E-state index contributed by atoms with van der Waals surface area (Å²) in [4.78, 5) is 57.6. The van der Waals surface area contributed by atoms with Gasteiger partial charge >= 0.3 is 34.2 Å². The van der Waals surface area contributed by atoms with Crippen LogP contribution in [0.1, 0.15) is 0 Å². The Hall–Kier alpha value is -3.69. The summed E-state index contributed by atoms with van der Waals surface area (Å²) in [5, 5.41) is 0. The van der Waals surface area contributed by atoms with Crippen molar-refractivity contribution in [1.82, 2.24) is 0 Å². The normalized spacial score (nSPS) is 33.2. The molecular weight excluding hydrogens is 909 g/mol. The van der Waals surface area contributed by atoms with E-state index in [1.165, 1.54) is 9.80 Å². The number of ether oxygens (including phenoxy) is 6. The van der Waals surface area contributed by atoms with E-state index < -0.39 is 81.3 Å². The van der Waals surface area contributed by atoms with Crippen LogP contribution in [0.15, 0.2) is 72.8 Å². The smallest absolute Gasteiger partial charge is 0.383 e. The largest absolute Gasteiger partial charge is 0.521 e. The van der Waals surface area contributed by atoms with Crippen LogP contribution < -0.4 is 18.7 Å². The van der Waals surface area contributed by atoms with Crippen molar-refractivity contribution in [3.05, 3.63) is 72.8 Å². The zero-order valence-corrected chi connectivity index (χ0v) is 41.8. The third-order valence-electron chi connectivity index (χ3n) is 12.8. The molecule has 0 radical (unpaired) electrons. The molecule has 0 spiro atoms. The van der Waals surface area contributed by atoms with Gasteiger partial charge in [0.15, 0.2) is 0 Å². The van der Waals surface area contributed by atoms with Gasteiger partial charge in [0.25, 0.3) is 0 Å². The van der Waals surface area contributed by atoms with Crippen LogP contribution >= 0.6 is 0 Å². The molecule has 17 nitrogen and oxygen atoms in total. The first kappa shape index (κ1) is 45.1. The van der Waals surface area contributed by atoms with Gasteiger partial charge in [-0.05, 0) is 101 Å². The van der Waals surface area contributed by atoms with Crippen molar-refractivity contribution in [3.8, 4) is 11.5 Å². The standard InChI is InChI=1S/C44H56N2O15Si4/c1-62(2,57-29-13-9-27(10-14-29)45-39(47)35-33-17-19-43(55-33,37(35)41(45)49)25-51-21-31-23-53-31)59-64(5,6)61-65(7,8)60-63(3,4)58-30-15-11-28(12-16-30)46-40(48)36-34-18-20-44(56-34,38(36)42(46)50)26-52-22-32-24-54-32/h9-20,31-38H,21-26H2,1-8H3. The lowest BCUT2D eigenvalue weighted by molar-refractivity contribution is -0.130. The summed E-state index contributed by atoms with van der Waals surface area (Å²) < 4.78 is 67.6. The molecule has 4 amide bonds. The van der Waals surface area contributed by atoms with E-state index in [9.17, 15) is 19.2 Å². The fourth-order valence-electron chi connectivity index (χ4n) is 10.6. The van der Waals surface area contributed by atoms with Crippen LogP contribution in [-0.2, 0) is 59.9 Å². The van der Waals surface area contributed by atoms with Gasteiger partial charge in [0.05, 0.1) is 86.9 Å². The first-order chi connectivity index (χ1) is 30.7. The molecule has 8 aliphatic rings. The average Bonchev–Trinajstić information content (AvgIpc) is 3.98. The number of carbonyl (C=O) groups excluding carboxylic acids is 4. The number of epoxide rings is 2. The Bertz CT molecular complexity index is 2160. The number of benzene rings is 2. The number of carbonyl (C=O) groups is 4. The molecule has 2 aromatic carbocycles. The molecule has 6 saturated heterocycles. The Balaban J connectivity index is 0.722. The first-order valence-electron chi connectivity index (χ1n) is 22.2. The van der Waals surface area contributed by atoms with Crippen LogP contribution in [0.3, 0.4) is 0 Å². The van der Waals surface area contributed by atoms with E-state index >= 15 is 0 Å². The maximum Gasteiger partial charge on any atom is 0.383 e. The Morgan fingerprint density at radius 2 is 0.892 bits per heavy atom. The molecule has 8 heterocycles. The molecule has 10 rings (SSSR count). The highest BCUT2D eigenvalue weighted by Crippen LogP contribution is 2.54. The maximum absolute atomic E-state index is 13.8. The van der Waals surface area contributed by atoms with Crippen molar-refractivity contribution >= 4 is 69.2 Å². The molecule has 4 bridgehead atoms. The molecule has 0 aromatic heterocycles. The highest BCUT2D eigenvalue weighted by molar-refractivity contribution is 6.87. The quantitative estimate of drug-likeness (QED) is 0.0785. The highest BCUT2D eigenvalue weighted by atomic mass is 28.5. The Labute approximate surface area is 382 Å². The molecule has 0 N–H and O–H groups in total. The summed E-state index contributed by atoms with van der Waals surface area (Å²) in [7, 11) is -11.5. The fourth-order valence-corrected chi connectivity index (χ4v) is 27.7. The van der Waals surface area contributed by atoms with Gasteiger partial charge in [-0.1, -0.05) is 24.3 Å². The van der Waals surface area contributed by atoms with E-state index in [1.807, 2.05) is 76.7 Å². The fraction of sp³-hybridized carbons (Fsp3) is 0.545. The molecule has 65 heavy (non-hydrogen) atoms. The lowest BCUT2D eigenvalue weighted by Gasteiger charge is -2.40. The van der Waals surface area contributed by atoms with Gasteiger partial charge in [0, 0.05) is 0 Å². The van der Waals surface area contributed by atoms with Crippen molar-refractivity contribution in [2.24, 2.45) is 23.7 Å². The second-order valence-electron chi connectivity index (χ2n) is 19.9. The van der Waals surface area contributed by atoms with Gasteiger partial charge in [0.2, 0.25) is 23.6 Å². The van der Waals surface area contributed by atoms with Crippen LogP contribution in [0.25, 0.3) is 0 Å². The Morgan fingerprint density at radius 3 is 1.25 bits per heavy atom. The van der Waals surface area contributed by atoms with Gasteiger partial charge < -0.3 is 49.6 Å². The first-order valence-corrected chi connectivity index (χ1v) is 33.5. The van der Waals surface area contributed by atoms with Crippen LogP contribution in [-0.4, -0.2) is 133 Å². The van der Waals surface area contributed by atoms with Crippen molar-refractivity contribution in [2.75, 3.05) is 49.4 Å². The topological polar surface area (TPSA) is 183 Å². The van der Waals surface area contributed by atoms with E-state index in [0.717, 1.165) is 0 Å². The zero-order valence-electron chi connectivity index (χ0n) is 37.8. The zero-order chi connectivity index (χ0) is 45.9. The second kappa shape index (κ2) is 16.0. The molecule has 10 atom stereocenters. The average molecular weight is 965 g/mol. The van der Waals surface area contributed by atoms with Crippen LogP contribution in [0.2, 0.25) is 52.4 Å². The van der Waals surface area contributed by atoms with Gasteiger partial charge in [-0.2, -0.15) is 0 Å². The van der Waals surface area contributed by atoms with Gasteiger partial charge in [0.1, 0.15) is 34.9 Å². The number of amides is 4. The summed E-state index contributed by atoms with van der Waals surface area (Å²) in [6.45, 7) is 18.2. The number of imide groups is 2. The summed E-state index contributed by atoms with van der Waals surface area (Å²) in [6.07, 6.45) is 6.69. The number of rotatable bonds is 20. The predicted octanol–water partition coefficient (Wildman–Crippen LogP) is 4.46. The van der Waals surface area contributed by atoms with Crippen molar-refractivity contribution in [3.63, 3.8) is 0 Å². The second-order valence-corrected chi connectivity index (χ2v) is 33.9. The van der Waals surface area contributed by atoms with Crippen molar-refractivity contribution < 1.29 is 68.8 Å². The number of hydrogen-bond donors (Lipinski definition) is 0. The lowest BCUT2D eigenvalue weighted by atomic mass is 9.77. The summed E-state index contributed by atoms with van der Waals surface area (Å²) in [5.41, 5.74) is -1.01. The molecule has 8 aliphatic heterocycles. The summed E-state index contributed by atoms with van der Waals surface area (Å²) in [6, 6.07) is 13.9. The highest BCUT2D eigenvalue weighted by Gasteiger charge is 2.69. The van der Waals surface area contributed by atoms with Gasteiger partial charge in [-0.25, -0.2) is 9.80 Å². The third kappa shape index (κ3) is 8.61.